The van der Waals surface area contributed by atoms with Gasteiger partial charge >= 0.3 is 0 Å². The number of fused-ring (bicyclic) bond motifs is 3. The van der Waals surface area contributed by atoms with E-state index in [2.05, 4.69) is 13.5 Å². The lowest BCUT2D eigenvalue weighted by Gasteiger charge is -2.63. The molecule has 0 aromatic heterocycles. The molecular weight excluding hydrogens is 288 g/mol. The van der Waals surface area contributed by atoms with Gasteiger partial charge in [-0.05, 0) is 61.2 Å². The van der Waals surface area contributed by atoms with E-state index in [0.29, 0.717) is 24.0 Å². The molecule has 1 spiro atoms. The minimum atomic E-state index is -0.599. The summed E-state index contributed by atoms with van der Waals surface area (Å²) in [6, 6.07) is 0. The molecule has 3 nitrogen and oxygen atoms in total. The van der Waals surface area contributed by atoms with E-state index in [1.165, 1.54) is 18.4 Å². The molecule has 2 N–H and O–H groups in total. The Labute approximate surface area is 139 Å². The zero-order chi connectivity index (χ0) is 16.5. The quantitative estimate of drug-likeness (QED) is 0.769. The molecule has 0 saturated heterocycles. The molecular formula is C20H30O3. The second-order valence-electron chi connectivity index (χ2n) is 9.34. The zero-order valence-electron chi connectivity index (χ0n) is 14.3. The summed E-state index contributed by atoms with van der Waals surface area (Å²) in [6.07, 6.45) is 8.09. The summed E-state index contributed by atoms with van der Waals surface area (Å²) in [4.78, 5) is 13.3. The van der Waals surface area contributed by atoms with Crippen molar-refractivity contribution in [3.63, 3.8) is 0 Å². The molecule has 4 saturated carbocycles. The van der Waals surface area contributed by atoms with Crippen LogP contribution >= 0.6 is 0 Å². The van der Waals surface area contributed by atoms with Gasteiger partial charge in [-0.15, -0.1) is 0 Å². The third-order valence-corrected chi connectivity index (χ3v) is 8.29. The van der Waals surface area contributed by atoms with Crippen LogP contribution in [0.15, 0.2) is 12.2 Å². The third kappa shape index (κ3) is 1.87. The first kappa shape index (κ1) is 15.8. The van der Waals surface area contributed by atoms with E-state index in [1.54, 1.807) is 0 Å². The number of Topliss-reactive ketones (excluding diaryl/α,β-unsaturated/α-hetero) is 1. The van der Waals surface area contributed by atoms with Crippen LogP contribution in [0.25, 0.3) is 0 Å². The van der Waals surface area contributed by atoms with Gasteiger partial charge in [0, 0.05) is 17.8 Å². The van der Waals surface area contributed by atoms with Gasteiger partial charge in [-0.2, -0.15) is 0 Å². The summed E-state index contributed by atoms with van der Waals surface area (Å²) >= 11 is 0. The Bertz CT molecular complexity index is 549. The highest BCUT2D eigenvalue weighted by atomic mass is 16.3. The monoisotopic (exact) mass is 318 g/mol. The summed E-state index contributed by atoms with van der Waals surface area (Å²) in [6.45, 7) is 6.47. The van der Waals surface area contributed by atoms with Gasteiger partial charge < -0.3 is 10.2 Å². The summed E-state index contributed by atoms with van der Waals surface area (Å²) in [5, 5.41) is 20.1. The van der Waals surface area contributed by atoms with E-state index in [9.17, 15) is 15.0 Å². The standard InChI is InChI=1S/C20H30O3/c1-13-8-20-9-14(13)4-5-16(20)18(2)6-3-7-19(11-21,12-22)17(18)15(23)10-20/h14,16-17,21-22H,1,3-12H2,2H3/t14-,16-,17-,18-,20+/m0/s1. The number of carbonyl (C=O) groups excluding carboxylic acids is 1. The predicted octanol–water partition coefficient (Wildman–Crippen LogP) is 3.10. The first-order valence-electron chi connectivity index (χ1n) is 9.33. The molecule has 3 heteroatoms. The highest BCUT2D eigenvalue weighted by Crippen LogP contribution is 2.71. The molecule has 4 fully saturated rings. The van der Waals surface area contributed by atoms with Crippen LogP contribution < -0.4 is 0 Å². The van der Waals surface area contributed by atoms with Crippen molar-refractivity contribution in [2.75, 3.05) is 13.2 Å². The fourth-order valence-corrected chi connectivity index (χ4v) is 7.57. The Kier molecular flexibility index (Phi) is 3.39. The van der Waals surface area contributed by atoms with Gasteiger partial charge in [-0.3, -0.25) is 4.79 Å². The Hall–Kier alpha value is -0.670. The van der Waals surface area contributed by atoms with Crippen LogP contribution in [-0.4, -0.2) is 29.2 Å². The van der Waals surface area contributed by atoms with Crippen molar-refractivity contribution in [2.45, 2.75) is 58.3 Å². The average molecular weight is 318 g/mol. The highest BCUT2D eigenvalue weighted by molar-refractivity contribution is 5.85. The van der Waals surface area contributed by atoms with Crippen LogP contribution in [0.3, 0.4) is 0 Å². The Morgan fingerprint density at radius 1 is 1.17 bits per heavy atom. The molecule has 0 heterocycles. The van der Waals surface area contributed by atoms with Crippen LogP contribution in [0.1, 0.15) is 58.3 Å². The molecule has 0 aromatic rings. The maximum Gasteiger partial charge on any atom is 0.137 e. The van der Waals surface area contributed by atoms with Crippen molar-refractivity contribution in [2.24, 2.45) is 34.0 Å². The number of ketones is 1. The number of aliphatic hydroxyl groups excluding tert-OH is 2. The van der Waals surface area contributed by atoms with Crippen molar-refractivity contribution >= 4 is 5.78 Å². The lowest BCUT2D eigenvalue weighted by atomic mass is 9.40. The van der Waals surface area contributed by atoms with Crippen LogP contribution in [-0.2, 0) is 4.79 Å². The Morgan fingerprint density at radius 3 is 2.61 bits per heavy atom. The normalized spacial score (nSPS) is 48.0. The molecule has 4 rings (SSSR count). The largest absolute Gasteiger partial charge is 0.396 e. The maximum atomic E-state index is 13.3. The van der Waals surface area contributed by atoms with E-state index in [-0.39, 0.29) is 30.0 Å². The summed E-state index contributed by atoms with van der Waals surface area (Å²) in [5.74, 6) is 1.32. The van der Waals surface area contributed by atoms with Gasteiger partial charge in [0.05, 0.1) is 13.2 Å². The van der Waals surface area contributed by atoms with Crippen molar-refractivity contribution in [1.29, 1.82) is 0 Å². The van der Waals surface area contributed by atoms with Gasteiger partial charge in [0.2, 0.25) is 0 Å². The first-order valence-corrected chi connectivity index (χ1v) is 9.33. The Balaban J connectivity index is 1.80. The first-order chi connectivity index (χ1) is 10.9. The molecule has 0 aliphatic heterocycles. The van der Waals surface area contributed by atoms with Gasteiger partial charge in [-0.1, -0.05) is 25.5 Å². The maximum absolute atomic E-state index is 13.3. The molecule has 2 bridgehead atoms. The van der Waals surface area contributed by atoms with Crippen LogP contribution in [0.5, 0.6) is 0 Å². The summed E-state index contributed by atoms with van der Waals surface area (Å²) in [7, 11) is 0. The van der Waals surface area contributed by atoms with E-state index in [4.69, 9.17) is 0 Å². The topological polar surface area (TPSA) is 57.5 Å². The summed E-state index contributed by atoms with van der Waals surface area (Å²) < 4.78 is 0. The second kappa shape index (κ2) is 4.92. The molecule has 23 heavy (non-hydrogen) atoms. The number of hydrogen-bond donors (Lipinski definition) is 2. The van der Waals surface area contributed by atoms with Crippen molar-refractivity contribution in [3.05, 3.63) is 12.2 Å². The van der Waals surface area contributed by atoms with Crippen LogP contribution in [0.2, 0.25) is 0 Å². The lowest BCUT2D eigenvalue weighted by Crippen LogP contribution is -2.62. The third-order valence-electron chi connectivity index (χ3n) is 8.29. The van der Waals surface area contributed by atoms with E-state index < -0.39 is 5.41 Å². The molecule has 0 unspecified atom stereocenters. The van der Waals surface area contributed by atoms with Gasteiger partial charge in [0.15, 0.2) is 0 Å². The fraction of sp³-hybridized carbons (Fsp3) is 0.850. The molecule has 128 valence electrons. The molecule has 0 amide bonds. The SMILES string of the molecule is C=C1C[C@@]23CC(=O)[C@@H]4C(CO)(CO)CCC[C@@]4(C)[C@@H]2CC[C@H]1C3. The van der Waals surface area contributed by atoms with Crippen molar-refractivity contribution in [1.82, 2.24) is 0 Å². The molecule has 4 aliphatic carbocycles. The number of allylic oxidation sites excluding steroid dienone is 1. The van der Waals surface area contributed by atoms with Crippen molar-refractivity contribution in [3.8, 4) is 0 Å². The minimum absolute atomic E-state index is 0.0609. The minimum Gasteiger partial charge on any atom is -0.396 e. The van der Waals surface area contributed by atoms with E-state index in [0.717, 1.165) is 32.1 Å². The average Bonchev–Trinajstić information content (AvgIpc) is 2.75. The molecule has 5 atom stereocenters. The molecule has 0 aromatic carbocycles. The van der Waals surface area contributed by atoms with Crippen molar-refractivity contribution < 1.29 is 15.0 Å². The van der Waals surface area contributed by atoms with Gasteiger partial charge in [0.25, 0.3) is 0 Å². The van der Waals surface area contributed by atoms with Crippen LogP contribution in [0, 0.1) is 34.0 Å². The second-order valence-corrected chi connectivity index (χ2v) is 9.34. The number of carbonyl (C=O) groups is 1. The van der Waals surface area contributed by atoms with E-state index >= 15 is 0 Å². The number of aliphatic hydroxyl groups is 2. The number of hydrogen-bond acceptors (Lipinski definition) is 3. The smallest absolute Gasteiger partial charge is 0.137 e. The van der Waals surface area contributed by atoms with Gasteiger partial charge in [0.1, 0.15) is 5.78 Å². The van der Waals surface area contributed by atoms with E-state index in [1.807, 2.05) is 0 Å². The zero-order valence-corrected chi connectivity index (χ0v) is 14.3. The summed E-state index contributed by atoms with van der Waals surface area (Å²) in [5.41, 5.74) is 0.845. The Morgan fingerprint density at radius 2 is 1.91 bits per heavy atom. The fourth-order valence-electron chi connectivity index (χ4n) is 7.57. The molecule has 0 radical (unpaired) electrons. The molecule has 4 aliphatic rings. The lowest BCUT2D eigenvalue weighted by molar-refractivity contribution is -0.184. The predicted molar refractivity (Wildman–Crippen MR) is 88.7 cm³/mol. The van der Waals surface area contributed by atoms with Crippen LogP contribution in [0.4, 0.5) is 0 Å². The number of rotatable bonds is 2. The van der Waals surface area contributed by atoms with Gasteiger partial charge in [-0.25, -0.2) is 0 Å². The highest BCUT2D eigenvalue weighted by Gasteiger charge is 2.67.